The number of thiol groups is 1. The lowest BCUT2D eigenvalue weighted by Gasteiger charge is -2.06. The highest BCUT2D eigenvalue weighted by Crippen LogP contribution is 2.23. The summed E-state index contributed by atoms with van der Waals surface area (Å²) < 4.78 is 30.6. The molecular formula is C9H6F2O4S. The van der Waals surface area contributed by atoms with Gasteiger partial charge in [-0.25, -0.2) is 13.6 Å². The summed E-state index contributed by atoms with van der Waals surface area (Å²) in [5.41, 5.74) is -0.569. The van der Waals surface area contributed by atoms with E-state index in [2.05, 4.69) is 17.4 Å². The lowest BCUT2D eigenvalue weighted by molar-refractivity contribution is -0.131. The van der Waals surface area contributed by atoms with Crippen LogP contribution in [0.3, 0.4) is 0 Å². The maximum atomic E-state index is 13.2. The fourth-order valence-electron chi connectivity index (χ4n) is 0.927. The van der Waals surface area contributed by atoms with E-state index in [1.54, 1.807) is 0 Å². The van der Waals surface area contributed by atoms with Crippen molar-refractivity contribution < 1.29 is 28.2 Å². The number of halogens is 2. The zero-order valence-electron chi connectivity index (χ0n) is 7.74. The Balaban J connectivity index is 3.12. The van der Waals surface area contributed by atoms with Crippen molar-refractivity contribution >= 4 is 24.6 Å². The lowest BCUT2D eigenvalue weighted by atomic mass is 10.2. The number of carbonyl (C=O) groups is 2. The molecule has 1 aromatic carbocycles. The monoisotopic (exact) mass is 248 g/mol. The second kappa shape index (κ2) is 4.93. The molecule has 1 rings (SSSR count). The van der Waals surface area contributed by atoms with Crippen LogP contribution in [0.25, 0.3) is 0 Å². The molecule has 0 unspecified atom stereocenters. The van der Waals surface area contributed by atoms with Gasteiger partial charge in [-0.05, 0) is 12.1 Å². The van der Waals surface area contributed by atoms with Crippen molar-refractivity contribution in [2.24, 2.45) is 0 Å². The second-order valence-corrected chi connectivity index (χ2v) is 3.02. The van der Waals surface area contributed by atoms with E-state index in [-0.39, 0.29) is 5.75 Å². The van der Waals surface area contributed by atoms with Crippen molar-refractivity contribution in [1.82, 2.24) is 0 Å². The second-order valence-electron chi connectivity index (χ2n) is 2.71. The fraction of sp³-hybridized carbons (Fsp3) is 0.111. The molecule has 0 heterocycles. The van der Waals surface area contributed by atoms with E-state index in [1.165, 1.54) is 0 Å². The average molecular weight is 248 g/mol. The van der Waals surface area contributed by atoms with Gasteiger partial charge in [-0.3, -0.25) is 4.79 Å². The molecule has 0 aromatic heterocycles. The Labute approximate surface area is 94.2 Å². The third kappa shape index (κ3) is 2.69. The molecule has 0 radical (unpaired) electrons. The molecule has 0 saturated carbocycles. The summed E-state index contributed by atoms with van der Waals surface area (Å²) in [5.74, 6) is -6.21. The zero-order chi connectivity index (χ0) is 12.3. The number of ether oxygens (including phenoxy) is 1. The van der Waals surface area contributed by atoms with Gasteiger partial charge in [0.25, 0.3) is 0 Å². The Bertz CT molecular complexity index is 424. The molecule has 1 aromatic rings. The predicted octanol–water partition coefficient (Wildman–Crippen LogP) is 1.50. The maximum absolute atomic E-state index is 13.2. The highest BCUT2D eigenvalue weighted by atomic mass is 32.1. The van der Waals surface area contributed by atoms with E-state index in [0.717, 1.165) is 0 Å². The summed E-state index contributed by atoms with van der Waals surface area (Å²) in [6, 6.07) is 1.12. The minimum atomic E-state index is -1.48. The minimum absolute atomic E-state index is 0.348. The van der Waals surface area contributed by atoms with Crippen LogP contribution in [-0.2, 0) is 4.79 Å². The summed E-state index contributed by atoms with van der Waals surface area (Å²) >= 11 is 3.55. The smallest absolute Gasteiger partial charge is 0.335 e. The van der Waals surface area contributed by atoms with Gasteiger partial charge >= 0.3 is 11.9 Å². The van der Waals surface area contributed by atoms with Crippen LogP contribution in [-0.4, -0.2) is 22.8 Å². The first-order valence-electron chi connectivity index (χ1n) is 3.99. The van der Waals surface area contributed by atoms with E-state index in [1.807, 2.05) is 0 Å². The summed E-state index contributed by atoms with van der Waals surface area (Å²) in [5, 5.41) is 8.50. The number of aromatic carboxylic acids is 1. The normalized spacial score (nSPS) is 9.94. The van der Waals surface area contributed by atoms with E-state index < -0.39 is 34.9 Å². The van der Waals surface area contributed by atoms with Crippen LogP contribution in [0, 0.1) is 11.6 Å². The van der Waals surface area contributed by atoms with Gasteiger partial charge < -0.3 is 9.84 Å². The summed E-state index contributed by atoms with van der Waals surface area (Å²) in [6.07, 6.45) is 0. The molecule has 0 atom stereocenters. The molecular weight excluding hydrogens is 242 g/mol. The molecule has 0 aliphatic rings. The first kappa shape index (κ1) is 12.4. The number of hydrogen-bond acceptors (Lipinski definition) is 4. The SMILES string of the molecule is O=C(CS)Oc1c(F)cc(C(=O)O)cc1F. The van der Waals surface area contributed by atoms with Crippen LogP contribution in [0.5, 0.6) is 5.75 Å². The van der Waals surface area contributed by atoms with Gasteiger partial charge in [0.2, 0.25) is 5.75 Å². The molecule has 4 nitrogen and oxygen atoms in total. The number of carbonyl (C=O) groups excluding carboxylic acids is 1. The van der Waals surface area contributed by atoms with Crippen LogP contribution in [0.1, 0.15) is 10.4 Å². The molecule has 1 N–H and O–H groups in total. The number of carboxylic acid groups (broad SMARTS) is 1. The quantitative estimate of drug-likeness (QED) is 0.483. The van der Waals surface area contributed by atoms with Crippen LogP contribution in [0.4, 0.5) is 8.78 Å². The number of carboxylic acids is 1. The minimum Gasteiger partial charge on any atom is -0.478 e. The molecule has 0 amide bonds. The van der Waals surface area contributed by atoms with Crippen LogP contribution in [0.15, 0.2) is 12.1 Å². The number of rotatable bonds is 3. The highest BCUT2D eigenvalue weighted by molar-refractivity contribution is 7.81. The first-order valence-corrected chi connectivity index (χ1v) is 4.63. The standard InChI is InChI=1S/C9H6F2O4S/c10-5-1-4(9(13)14)2-6(11)8(5)15-7(12)3-16/h1-2,16H,3H2,(H,13,14). The van der Waals surface area contributed by atoms with Crippen molar-refractivity contribution in [1.29, 1.82) is 0 Å². The molecule has 0 saturated heterocycles. The van der Waals surface area contributed by atoms with Crippen molar-refractivity contribution in [3.05, 3.63) is 29.3 Å². The third-order valence-corrected chi connectivity index (χ3v) is 1.85. The summed E-state index contributed by atoms with van der Waals surface area (Å²) in [4.78, 5) is 21.2. The Kier molecular flexibility index (Phi) is 3.83. The van der Waals surface area contributed by atoms with Gasteiger partial charge in [-0.1, -0.05) is 0 Å². The number of esters is 1. The van der Waals surface area contributed by atoms with Crippen LogP contribution >= 0.6 is 12.6 Å². The molecule has 0 aliphatic heterocycles. The lowest BCUT2D eigenvalue weighted by Crippen LogP contribution is -2.12. The van der Waals surface area contributed by atoms with Gasteiger partial charge in [-0.15, -0.1) is 0 Å². The van der Waals surface area contributed by atoms with Gasteiger partial charge in [0.05, 0.1) is 11.3 Å². The highest BCUT2D eigenvalue weighted by Gasteiger charge is 2.17. The van der Waals surface area contributed by atoms with Crippen molar-refractivity contribution in [2.45, 2.75) is 0 Å². The van der Waals surface area contributed by atoms with Crippen LogP contribution in [0.2, 0.25) is 0 Å². The fourth-order valence-corrected chi connectivity index (χ4v) is 0.992. The van der Waals surface area contributed by atoms with Crippen molar-refractivity contribution in [3.63, 3.8) is 0 Å². The van der Waals surface area contributed by atoms with Crippen LogP contribution < -0.4 is 4.74 Å². The predicted molar refractivity (Wildman–Crippen MR) is 52.8 cm³/mol. The van der Waals surface area contributed by atoms with Gasteiger partial charge in [0.15, 0.2) is 11.6 Å². The topological polar surface area (TPSA) is 63.6 Å². The molecule has 0 spiro atoms. The summed E-state index contributed by atoms with van der Waals surface area (Å²) in [7, 11) is 0. The van der Waals surface area contributed by atoms with E-state index in [9.17, 15) is 18.4 Å². The summed E-state index contributed by atoms with van der Waals surface area (Å²) in [6.45, 7) is 0. The zero-order valence-corrected chi connectivity index (χ0v) is 8.63. The first-order chi connectivity index (χ1) is 7.45. The molecule has 0 fully saturated rings. The van der Waals surface area contributed by atoms with Gasteiger partial charge in [-0.2, -0.15) is 12.6 Å². The third-order valence-electron chi connectivity index (χ3n) is 1.59. The Morgan fingerprint density at radius 1 is 1.31 bits per heavy atom. The van der Waals surface area contributed by atoms with E-state index in [0.29, 0.717) is 12.1 Å². The molecule has 0 bridgehead atoms. The average Bonchev–Trinajstić information content (AvgIpc) is 2.22. The van der Waals surface area contributed by atoms with E-state index >= 15 is 0 Å². The molecule has 0 aliphatic carbocycles. The Morgan fingerprint density at radius 3 is 2.19 bits per heavy atom. The molecule has 86 valence electrons. The van der Waals surface area contributed by atoms with E-state index in [4.69, 9.17) is 5.11 Å². The Hall–Kier alpha value is -1.63. The molecule has 7 heteroatoms. The molecule has 16 heavy (non-hydrogen) atoms. The number of benzene rings is 1. The largest absolute Gasteiger partial charge is 0.478 e. The van der Waals surface area contributed by atoms with Crippen molar-refractivity contribution in [2.75, 3.05) is 5.75 Å². The van der Waals surface area contributed by atoms with Gasteiger partial charge in [0, 0.05) is 0 Å². The Morgan fingerprint density at radius 2 is 1.81 bits per heavy atom. The van der Waals surface area contributed by atoms with Crippen molar-refractivity contribution in [3.8, 4) is 5.75 Å². The maximum Gasteiger partial charge on any atom is 0.335 e. The number of hydrogen-bond donors (Lipinski definition) is 2. The van der Waals surface area contributed by atoms with Gasteiger partial charge in [0.1, 0.15) is 0 Å².